The minimum atomic E-state index is -1.01. The van der Waals surface area contributed by atoms with Crippen molar-refractivity contribution in [3.05, 3.63) is 69.6 Å². The molecule has 2 amide bonds. The van der Waals surface area contributed by atoms with Crippen LogP contribution in [0.2, 0.25) is 10.0 Å². The second kappa shape index (κ2) is 5.68. The van der Waals surface area contributed by atoms with Crippen LogP contribution in [-0.2, 0) is 9.59 Å². The van der Waals surface area contributed by atoms with Gasteiger partial charge in [-0.3, -0.25) is 9.59 Å². The molecule has 1 heterocycles. The molecule has 3 rings (SSSR count). The molecule has 0 spiro atoms. The summed E-state index contributed by atoms with van der Waals surface area (Å²) in [6.07, 6.45) is 0. The number of anilines is 1. The molecule has 1 aliphatic rings. The highest BCUT2D eigenvalue weighted by atomic mass is 35.5. The van der Waals surface area contributed by atoms with Gasteiger partial charge in [-0.1, -0.05) is 41.4 Å². The molecule has 0 unspecified atom stereocenters. The summed E-state index contributed by atoms with van der Waals surface area (Å²) in [5.74, 6) is -3.42. The average Bonchev–Trinajstić information content (AvgIpc) is 2.71. The van der Waals surface area contributed by atoms with Gasteiger partial charge in [0.05, 0.1) is 16.3 Å². The molecule has 2 aromatic carbocycles. The van der Waals surface area contributed by atoms with Crippen LogP contribution < -0.4 is 4.90 Å². The van der Waals surface area contributed by atoms with E-state index in [1.54, 1.807) is 0 Å². The Hall–Kier alpha value is -2.37. The van der Waals surface area contributed by atoms with E-state index in [0.29, 0.717) is 9.92 Å². The van der Waals surface area contributed by atoms with Crippen molar-refractivity contribution in [1.82, 2.24) is 0 Å². The molecule has 1 N–H and O–H groups in total. The van der Waals surface area contributed by atoms with Crippen molar-refractivity contribution in [2.45, 2.75) is 0 Å². The predicted octanol–water partition coefficient (Wildman–Crippen LogP) is 3.98. The number of imide groups is 1. The van der Waals surface area contributed by atoms with Crippen LogP contribution in [-0.4, -0.2) is 16.9 Å². The van der Waals surface area contributed by atoms with Gasteiger partial charge >= 0.3 is 5.91 Å². The maximum Gasteiger partial charge on any atom is 0.301 e. The SMILES string of the molecule is O=C1C(O)=C(c2ccc(Cl)cc2Cl)C(=O)N1c1ccccc1F. The Morgan fingerprint density at radius 3 is 2.35 bits per heavy atom. The van der Waals surface area contributed by atoms with Crippen LogP contribution in [0, 0.1) is 5.82 Å². The normalized spacial score (nSPS) is 14.8. The Balaban J connectivity index is 2.12. The number of hydrogen-bond acceptors (Lipinski definition) is 3. The molecule has 4 nitrogen and oxygen atoms in total. The first-order valence-electron chi connectivity index (χ1n) is 6.44. The number of carbonyl (C=O) groups excluding carboxylic acids is 2. The maximum atomic E-state index is 13.9. The van der Waals surface area contributed by atoms with Crippen molar-refractivity contribution in [2.75, 3.05) is 4.90 Å². The van der Waals surface area contributed by atoms with Gasteiger partial charge in [-0.25, -0.2) is 9.29 Å². The standard InChI is InChI=1S/C16H8Cl2FNO3/c17-8-5-6-9(10(18)7-8)13-14(21)16(23)20(15(13)22)12-4-2-1-3-11(12)19/h1-7,21H. The molecular weight excluding hydrogens is 344 g/mol. The molecule has 7 heteroatoms. The van der Waals surface area contributed by atoms with Crippen LogP contribution >= 0.6 is 23.2 Å². The topological polar surface area (TPSA) is 57.6 Å². The fourth-order valence-electron chi connectivity index (χ4n) is 2.31. The molecule has 0 atom stereocenters. The lowest BCUT2D eigenvalue weighted by Crippen LogP contribution is -2.32. The first kappa shape index (κ1) is 15.5. The van der Waals surface area contributed by atoms with E-state index in [4.69, 9.17) is 23.2 Å². The summed E-state index contributed by atoms with van der Waals surface area (Å²) in [6.45, 7) is 0. The smallest absolute Gasteiger partial charge is 0.301 e. The van der Waals surface area contributed by atoms with Crippen LogP contribution in [0.4, 0.5) is 10.1 Å². The molecular formula is C16H8Cl2FNO3. The van der Waals surface area contributed by atoms with Gasteiger partial charge in [-0.2, -0.15) is 0 Å². The van der Waals surface area contributed by atoms with Crippen LogP contribution in [0.1, 0.15) is 5.56 Å². The number of benzene rings is 2. The van der Waals surface area contributed by atoms with E-state index < -0.39 is 23.4 Å². The number of amides is 2. The zero-order valence-corrected chi connectivity index (χ0v) is 12.9. The first-order valence-corrected chi connectivity index (χ1v) is 7.19. The number of nitrogens with zero attached hydrogens (tertiary/aromatic N) is 1. The molecule has 116 valence electrons. The van der Waals surface area contributed by atoms with E-state index >= 15 is 0 Å². The van der Waals surface area contributed by atoms with Gasteiger partial charge in [-0.15, -0.1) is 0 Å². The summed E-state index contributed by atoms with van der Waals surface area (Å²) in [6, 6.07) is 9.53. The lowest BCUT2D eigenvalue weighted by molar-refractivity contribution is -0.121. The Labute approximate surface area is 140 Å². The lowest BCUT2D eigenvalue weighted by Gasteiger charge is -2.15. The number of aliphatic hydroxyl groups excluding tert-OH is 1. The Morgan fingerprint density at radius 2 is 1.70 bits per heavy atom. The highest BCUT2D eigenvalue weighted by Crippen LogP contribution is 2.36. The van der Waals surface area contributed by atoms with E-state index in [1.807, 2.05) is 0 Å². The summed E-state index contributed by atoms with van der Waals surface area (Å²) < 4.78 is 13.9. The van der Waals surface area contributed by atoms with Gasteiger partial charge in [0.15, 0.2) is 5.76 Å². The minimum Gasteiger partial charge on any atom is -0.502 e. The van der Waals surface area contributed by atoms with Gasteiger partial charge in [0.1, 0.15) is 5.82 Å². The van der Waals surface area contributed by atoms with Gasteiger partial charge in [-0.05, 0) is 24.3 Å². The Bertz CT molecular complexity index is 879. The van der Waals surface area contributed by atoms with Crippen LogP contribution in [0.5, 0.6) is 0 Å². The summed E-state index contributed by atoms with van der Waals surface area (Å²) >= 11 is 11.8. The van der Waals surface area contributed by atoms with E-state index in [0.717, 1.165) is 6.07 Å². The van der Waals surface area contributed by atoms with E-state index in [1.165, 1.54) is 36.4 Å². The second-order valence-electron chi connectivity index (χ2n) is 4.74. The van der Waals surface area contributed by atoms with Crippen molar-refractivity contribution in [3.63, 3.8) is 0 Å². The molecule has 0 aliphatic carbocycles. The number of rotatable bonds is 2. The van der Waals surface area contributed by atoms with Crippen molar-refractivity contribution in [1.29, 1.82) is 0 Å². The van der Waals surface area contributed by atoms with E-state index in [2.05, 4.69) is 0 Å². The van der Waals surface area contributed by atoms with Crippen LogP contribution in [0.15, 0.2) is 48.2 Å². The van der Waals surface area contributed by atoms with E-state index in [9.17, 15) is 19.1 Å². The van der Waals surface area contributed by atoms with E-state index in [-0.39, 0.29) is 21.8 Å². The Kier molecular flexibility index (Phi) is 3.83. The molecule has 1 aliphatic heterocycles. The second-order valence-corrected chi connectivity index (χ2v) is 5.59. The third-order valence-electron chi connectivity index (χ3n) is 3.35. The van der Waals surface area contributed by atoms with Crippen LogP contribution in [0.3, 0.4) is 0 Å². The number of carbonyl (C=O) groups is 2. The lowest BCUT2D eigenvalue weighted by atomic mass is 10.1. The highest BCUT2D eigenvalue weighted by molar-refractivity contribution is 6.47. The third-order valence-corrected chi connectivity index (χ3v) is 3.90. The third kappa shape index (κ3) is 2.48. The molecule has 0 saturated carbocycles. The van der Waals surface area contributed by atoms with Crippen molar-refractivity contribution >= 4 is 46.3 Å². The fraction of sp³-hybridized carbons (Fsp3) is 0. The first-order chi connectivity index (χ1) is 10.9. The predicted molar refractivity (Wildman–Crippen MR) is 84.9 cm³/mol. The molecule has 2 aromatic rings. The maximum absolute atomic E-state index is 13.9. The van der Waals surface area contributed by atoms with Crippen molar-refractivity contribution < 1.29 is 19.1 Å². The highest BCUT2D eigenvalue weighted by Gasteiger charge is 2.41. The number of aliphatic hydroxyl groups is 1. The summed E-state index contributed by atoms with van der Waals surface area (Å²) in [5, 5.41) is 10.5. The number of hydrogen-bond donors (Lipinski definition) is 1. The van der Waals surface area contributed by atoms with Gasteiger partial charge in [0.2, 0.25) is 0 Å². The van der Waals surface area contributed by atoms with Crippen molar-refractivity contribution in [2.24, 2.45) is 0 Å². The molecule has 0 fully saturated rings. The quantitative estimate of drug-likeness (QED) is 0.832. The fourth-order valence-corrected chi connectivity index (χ4v) is 2.81. The number of halogens is 3. The molecule has 0 radical (unpaired) electrons. The van der Waals surface area contributed by atoms with Gasteiger partial charge < -0.3 is 5.11 Å². The summed E-state index contributed by atoms with van der Waals surface area (Å²) in [4.78, 5) is 25.3. The monoisotopic (exact) mass is 351 g/mol. The summed E-state index contributed by atoms with van der Waals surface area (Å²) in [5.41, 5.74) is -0.389. The molecule has 0 aromatic heterocycles. The van der Waals surface area contributed by atoms with Gasteiger partial charge in [0.25, 0.3) is 5.91 Å². The Morgan fingerprint density at radius 1 is 1.00 bits per heavy atom. The molecule has 0 saturated heterocycles. The zero-order valence-electron chi connectivity index (χ0n) is 11.4. The number of para-hydroxylation sites is 1. The molecule has 0 bridgehead atoms. The van der Waals surface area contributed by atoms with Gasteiger partial charge in [0, 0.05) is 10.6 Å². The van der Waals surface area contributed by atoms with Crippen LogP contribution in [0.25, 0.3) is 5.57 Å². The minimum absolute atomic E-state index is 0.0931. The summed E-state index contributed by atoms with van der Waals surface area (Å²) in [7, 11) is 0. The zero-order chi connectivity index (χ0) is 16.7. The largest absolute Gasteiger partial charge is 0.502 e. The van der Waals surface area contributed by atoms with Crippen molar-refractivity contribution in [3.8, 4) is 0 Å². The average molecular weight is 352 g/mol. The molecule has 23 heavy (non-hydrogen) atoms.